The number of hydrogen-bond donors (Lipinski definition) is 2. The molecule has 0 radical (unpaired) electrons. The highest BCUT2D eigenvalue weighted by Crippen LogP contribution is 2.19. The zero-order valence-corrected chi connectivity index (χ0v) is 12.7. The van der Waals surface area contributed by atoms with Gasteiger partial charge < -0.3 is 10.6 Å². The van der Waals surface area contributed by atoms with Gasteiger partial charge in [0.2, 0.25) is 11.8 Å². The molecule has 98 valence electrons. The first kappa shape index (κ1) is 15.0. The van der Waals surface area contributed by atoms with E-state index in [0.29, 0.717) is 5.75 Å². The Morgan fingerprint density at radius 2 is 2.06 bits per heavy atom. The van der Waals surface area contributed by atoms with Crippen molar-refractivity contribution in [1.29, 1.82) is 0 Å². The van der Waals surface area contributed by atoms with Crippen LogP contribution in [0.2, 0.25) is 0 Å². The lowest BCUT2D eigenvalue weighted by Gasteiger charge is -2.09. The summed E-state index contributed by atoms with van der Waals surface area (Å²) in [6.07, 6.45) is 1.84. The Hall–Kier alpha value is -1.01. The predicted molar refractivity (Wildman–Crippen MR) is 78.9 cm³/mol. The number of thioether (sulfide) groups is 1. The lowest BCUT2D eigenvalue weighted by Crippen LogP contribution is -2.33. The summed E-state index contributed by atoms with van der Waals surface area (Å²) in [7, 11) is 0. The third-order valence-electron chi connectivity index (χ3n) is 2.18. The highest BCUT2D eigenvalue weighted by Gasteiger charge is 2.07. The van der Waals surface area contributed by atoms with Crippen molar-refractivity contribution in [2.45, 2.75) is 6.92 Å². The van der Waals surface area contributed by atoms with Crippen LogP contribution in [0.3, 0.4) is 0 Å². The van der Waals surface area contributed by atoms with Gasteiger partial charge in [-0.25, -0.2) is 0 Å². The maximum absolute atomic E-state index is 11.6. The van der Waals surface area contributed by atoms with Crippen molar-refractivity contribution in [3.05, 3.63) is 28.2 Å². The van der Waals surface area contributed by atoms with Crippen molar-refractivity contribution in [2.75, 3.05) is 23.9 Å². The molecule has 18 heavy (non-hydrogen) atoms. The molecule has 0 aliphatic heterocycles. The molecular weight excluding hydrogens is 316 g/mol. The van der Waals surface area contributed by atoms with Crippen LogP contribution in [-0.4, -0.2) is 30.4 Å². The summed E-state index contributed by atoms with van der Waals surface area (Å²) >= 11 is 4.78. The second-order valence-corrected chi connectivity index (χ2v) is 5.50. The van der Waals surface area contributed by atoms with Gasteiger partial charge in [0.05, 0.1) is 12.3 Å². The van der Waals surface area contributed by atoms with Crippen molar-refractivity contribution in [1.82, 2.24) is 5.32 Å². The van der Waals surface area contributed by atoms with Crippen LogP contribution in [0.5, 0.6) is 0 Å². The third-order valence-corrected chi connectivity index (χ3v) is 3.23. The standard InChI is InChI=1S/C12H15BrN2O2S/c1-8-5-9(13)3-4-10(8)15-11(16)6-14-12(17)7-18-2/h3-5H,6-7H2,1-2H3,(H,14,17)(H,15,16). The van der Waals surface area contributed by atoms with Crippen LogP contribution in [0.1, 0.15) is 5.56 Å². The topological polar surface area (TPSA) is 58.2 Å². The van der Waals surface area contributed by atoms with Gasteiger partial charge in [0.25, 0.3) is 0 Å². The average Bonchev–Trinajstić information content (AvgIpc) is 2.31. The predicted octanol–water partition coefficient (Wildman–Crippen LogP) is 2.18. The molecule has 0 aliphatic carbocycles. The number of halogens is 1. The Kier molecular flexibility index (Phi) is 6.21. The number of rotatable bonds is 5. The number of benzene rings is 1. The SMILES string of the molecule is CSCC(=O)NCC(=O)Nc1ccc(Br)cc1C. The molecular formula is C12H15BrN2O2S. The second kappa shape index (κ2) is 7.43. The Balaban J connectivity index is 2.47. The van der Waals surface area contributed by atoms with E-state index in [1.54, 1.807) is 0 Å². The first-order valence-electron chi connectivity index (χ1n) is 5.34. The van der Waals surface area contributed by atoms with Crippen LogP contribution in [0.4, 0.5) is 5.69 Å². The molecule has 0 unspecified atom stereocenters. The number of hydrogen-bond acceptors (Lipinski definition) is 3. The highest BCUT2D eigenvalue weighted by molar-refractivity contribution is 9.10. The van der Waals surface area contributed by atoms with Gasteiger partial charge in [-0.1, -0.05) is 15.9 Å². The van der Waals surface area contributed by atoms with Gasteiger partial charge in [0.15, 0.2) is 0 Å². The van der Waals surface area contributed by atoms with Crippen molar-refractivity contribution < 1.29 is 9.59 Å². The lowest BCUT2D eigenvalue weighted by atomic mass is 10.2. The number of nitrogens with one attached hydrogen (secondary N) is 2. The van der Waals surface area contributed by atoms with E-state index in [9.17, 15) is 9.59 Å². The summed E-state index contributed by atoms with van der Waals surface area (Å²) in [6, 6.07) is 5.60. The smallest absolute Gasteiger partial charge is 0.243 e. The summed E-state index contributed by atoms with van der Waals surface area (Å²) in [5.41, 5.74) is 1.72. The fourth-order valence-electron chi connectivity index (χ4n) is 1.32. The van der Waals surface area contributed by atoms with E-state index in [1.165, 1.54) is 11.8 Å². The molecule has 0 atom stereocenters. The molecule has 2 amide bonds. The minimum Gasteiger partial charge on any atom is -0.346 e. The van der Waals surface area contributed by atoms with Crippen molar-refractivity contribution >= 4 is 45.2 Å². The lowest BCUT2D eigenvalue weighted by molar-refractivity contribution is -0.122. The molecule has 1 aromatic rings. The number of carbonyl (C=O) groups excluding carboxylic acids is 2. The van der Waals surface area contributed by atoms with E-state index >= 15 is 0 Å². The van der Waals surface area contributed by atoms with Gasteiger partial charge >= 0.3 is 0 Å². The molecule has 0 aliphatic rings. The van der Waals surface area contributed by atoms with E-state index < -0.39 is 0 Å². The van der Waals surface area contributed by atoms with Crippen LogP contribution in [-0.2, 0) is 9.59 Å². The van der Waals surface area contributed by atoms with E-state index in [2.05, 4.69) is 26.6 Å². The maximum atomic E-state index is 11.6. The minimum atomic E-state index is -0.227. The summed E-state index contributed by atoms with van der Waals surface area (Å²) in [4.78, 5) is 22.8. The molecule has 0 heterocycles. The summed E-state index contributed by atoms with van der Waals surface area (Å²) in [6.45, 7) is 1.90. The molecule has 0 spiro atoms. The molecule has 0 bridgehead atoms. The molecule has 0 fully saturated rings. The normalized spacial score (nSPS) is 9.94. The molecule has 0 saturated heterocycles. The molecule has 1 aromatic carbocycles. The van der Waals surface area contributed by atoms with Crippen molar-refractivity contribution in [3.63, 3.8) is 0 Å². The summed E-state index contributed by atoms with van der Waals surface area (Å²) in [5, 5.41) is 5.31. The quantitative estimate of drug-likeness (QED) is 0.869. The monoisotopic (exact) mass is 330 g/mol. The van der Waals surface area contributed by atoms with Crippen LogP contribution in [0, 0.1) is 6.92 Å². The molecule has 0 saturated carbocycles. The first-order chi connectivity index (χ1) is 8.52. The van der Waals surface area contributed by atoms with Crippen LogP contribution >= 0.6 is 27.7 Å². The zero-order valence-electron chi connectivity index (χ0n) is 10.2. The van der Waals surface area contributed by atoms with Crippen molar-refractivity contribution in [2.24, 2.45) is 0 Å². The van der Waals surface area contributed by atoms with Crippen LogP contribution in [0.15, 0.2) is 22.7 Å². The second-order valence-electron chi connectivity index (χ2n) is 3.72. The largest absolute Gasteiger partial charge is 0.346 e. The Bertz CT molecular complexity index is 452. The number of aryl methyl sites for hydroxylation is 1. The Morgan fingerprint density at radius 1 is 1.33 bits per heavy atom. The van der Waals surface area contributed by atoms with Gasteiger partial charge in [-0.15, -0.1) is 0 Å². The van der Waals surface area contributed by atoms with Gasteiger partial charge in [-0.05, 0) is 36.9 Å². The Morgan fingerprint density at radius 3 is 2.67 bits per heavy atom. The third kappa shape index (κ3) is 5.10. The molecule has 2 N–H and O–H groups in total. The van der Waals surface area contributed by atoms with E-state index in [-0.39, 0.29) is 18.4 Å². The van der Waals surface area contributed by atoms with Crippen molar-refractivity contribution in [3.8, 4) is 0 Å². The minimum absolute atomic E-state index is 0.00506. The number of amides is 2. The highest BCUT2D eigenvalue weighted by atomic mass is 79.9. The molecule has 4 nitrogen and oxygen atoms in total. The molecule has 6 heteroatoms. The van der Waals surface area contributed by atoms with E-state index in [0.717, 1.165) is 15.7 Å². The number of anilines is 1. The number of carbonyl (C=O) groups is 2. The maximum Gasteiger partial charge on any atom is 0.243 e. The van der Waals surface area contributed by atoms with E-state index in [1.807, 2.05) is 31.4 Å². The van der Waals surface area contributed by atoms with Gasteiger partial charge in [0, 0.05) is 10.2 Å². The Labute approximate surface area is 119 Å². The van der Waals surface area contributed by atoms with Gasteiger partial charge in [-0.3, -0.25) is 9.59 Å². The van der Waals surface area contributed by atoms with E-state index in [4.69, 9.17) is 0 Å². The fourth-order valence-corrected chi connectivity index (χ4v) is 2.16. The molecule has 1 rings (SSSR count). The first-order valence-corrected chi connectivity index (χ1v) is 7.53. The van der Waals surface area contributed by atoms with Crippen LogP contribution < -0.4 is 10.6 Å². The molecule has 0 aromatic heterocycles. The average molecular weight is 331 g/mol. The zero-order chi connectivity index (χ0) is 13.5. The summed E-state index contributed by atoms with van der Waals surface area (Å²) in [5.74, 6) is 0.00460. The fraction of sp³-hybridized carbons (Fsp3) is 0.333. The van der Waals surface area contributed by atoms with Gasteiger partial charge in [0.1, 0.15) is 0 Å². The van der Waals surface area contributed by atoms with Gasteiger partial charge in [-0.2, -0.15) is 11.8 Å². The summed E-state index contributed by atoms with van der Waals surface area (Å²) < 4.78 is 0.964. The van der Waals surface area contributed by atoms with Crippen LogP contribution in [0.25, 0.3) is 0 Å².